The van der Waals surface area contributed by atoms with Gasteiger partial charge in [0.1, 0.15) is 5.78 Å². The second-order valence-electron chi connectivity index (χ2n) is 13.1. The number of carbonyl (C=O) groups is 1. The summed E-state index contributed by atoms with van der Waals surface area (Å²) in [4.78, 5) is 13.0. The fraction of sp³-hybridized carbons (Fsp3) is 0.821. The predicted molar refractivity (Wildman–Crippen MR) is 149 cm³/mol. The summed E-state index contributed by atoms with van der Waals surface area (Å²) in [6.45, 7) is 29.1. The highest BCUT2D eigenvalue weighted by atomic mass is 28.4. The molecule has 4 atom stereocenters. The summed E-state index contributed by atoms with van der Waals surface area (Å²) in [6, 6.07) is 0. The Balaban J connectivity index is 3.20. The van der Waals surface area contributed by atoms with E-state index in [2.05, 4.69) is 93.4 Å². The lowest BCUT2D eigenvalue weighted by molar-refractivity contribution is -0.121. The lowest BCUT2D eigenvalue weighted by Crippen LogP contribution is -2.45. The van der Waals surface area contributed by atoms with Crippen molar-refractivity contribution in [3.8, 4) is 0 Å². The number of allylic oxidation sites excluding steroid dienone is 1. The topological polar surface area (TPSA) is 35.5 Å². The van der Waals surface area contributed by atoms with E-state index in [1.54, 1.807) is 0 Å². The lowest BCUT2D eigenvalue weighted by Gasteiger charge is -2.40. The second kappa shape index (κ2) is 12.0. The zero-order valence-electron chi connectivity index (χ0n) is 23.7. The molecule has 0 spiro atoms. The molecule has 0 bridgehead atoms. The van der Waals surface area contributed by atoms with Crippen LogP contribution in [0.4, 0.5) is 0 Å². The van der Waals surface area contributed by atoms with E-state index in [1.807, 2.05) is 6.08 Å². The third kappa shape index (κ3) is 8.59. The van der Waals surface area contributed by atoms with E-state index < -0.39 is 16.6 Å². The third-order valence-electron chi connectivity index (χ3n) is 8.28. The van der Waals surface area contributed by atoms with E-state index in [9.17, 15) is 4.79 Å². The van der Waals surface area contributed by atoms with Gasteiger partial charge in [-0.15, -0.1) is 6.58 Å². The number of Topliss-reactive ketones (excluding diaryl/α,β-unsaturated/α-hetero) is 1. The maximum atomic E-state index is 13.0. The first-order valence-electron chi connectivity index (χ1n) is 13.1. The van der Waals surface area contributed by atoms with Crippen LogP contribution in [0.25, 0.3) is 0 Å². The van der Waals surface area contributed by atoms with Crippen molar-refractivity contribution < 1.29 is 13.6 Å². The van der Waals surface area contributed by atoms with Crippen LogP contribution < -0.4 is 0 Å². The molecule has 0 amide bonds. The molecule has 0 aliphatic heterocycles. The zero-order valence-corrected chi connectivity index (χ0v) is 25.7. The van der Waals surface area contributed by atoms with Crippen LogP contribution in [0.5, 0.6) is 0 Å². The van der Waals surface area contributed by atoms with Gasteiger partial charge in [0.05, 0.1) is 12.2 Å². The Labute approximate surface area is 208 Å². The Morgan fingerprint density at radius 1 is 1.03 bits per heavy atom. The normalized spacial score (nSPS) is 24.0. The summed E-state index contributed by atoms with van der Waals surface area (Å²) in [5.74, 6) is 0.389. The molecule has 0 aromatic heterocycles. The van der Waals surface area contributed by atoms with Crippen molar-refractivity contribution in [1.29, 1.82) is 0 Å². The van der Waals surface area contributed by atoms with Crippen molar-refractivity contribution in [2.24, 2.45) is 11.8 Å². The number of rotatable bonds is 12. The first kappa shape index (κ1) is 30.5. The van der Waals surface area contributed by atoms with Gasteiger partial charge in [0, 0.05) is 18.3 Å². The van der Waals surface area contributed by atoms with E-state index in [0.29, 0.717) is 12.2 Å². The molecule has 1 rings (SSSR count). The smallest absolute Gasteiger partial charge is 0.192 e. The Morgan fingerprint density at radius 2 is 1.61 bits per heavy atom. The Kier molecular flexibility index (Phi) is 11.1. The minimum absolute atomic E-state index is 0.0299. The number of ketones is 1. The Hall–Kier alpha value is -0.496. The van der Waals surface area contributed by atoms with Gasteiger partial charge in [-0.1, -0.05) is 86.0 Å². The Bertz CT molecular complexity index is 668. The monoisotopic (exact) mass is 494 g/mol. The summed E-state index contributed by atoms with van der Waals surface area (Å²) in [7, 11) is -3.86. The number of unbranched alkanes of at least 4 members (excludes halogenated alkanes) is 2. The summed E-state index contributed by atoms with van der Waals surface area (Å²) in [5.41, 5.74) is 0. The quantitative estimate of drug-likeness (QED) is 0.155. The van der Waals surface area contributed by atoms with Crippen molar-refractivity contribution in [3.05, 3.63) is 24.8 Å². The van der Waals surface area contributed by atoms with Crippen LogP contribution in [0, 0.1) is 11.8 Å². The minimum atomic E-state index is -1.98. The fourth-order valence-corrected chi connectivity index (χ4v) is 6.62. The highest BCUT2D eigenvalue weighted by molar-refractivity contribution is 6.74. The molecule has 1 aliphatic carbocycles. The lowest BCUT2D eigenvalue weighted by atomic mass is 9.90. The molecule has 0 aromatic carbocycles. The van der Waals surface area contributed by atoms with Crippen LogP contribution in [0.3, 0.4) is 0 Å². The van der Waals surface area contributed by atoms with Crippen LogP contribution in [0.2, 0.25) is 36.3 Å². The molecule has 0 aromatic rings. The highest BCUT2D eigenvalue weighted by Gasteiger charge is 2.47. The van der Waals surface area contributed by atoms with Gasteiger partial charge in [-0.2, -0.15) is 0 Å². The van der Waals surface area contributed by atoms with Crippen molar-refractivity contribution in [2.45, 2.75) is 135 Å². The third-order valence-corrected chi connectivity index (χ3v) is 17.3. The molecule has 5 heteroatoms. The predicted octanol–water partition coefficient (Wildman–Crippen LogP) is 8.69. The van der Waals surface area contributed by atoms with Gasteiger partial charge < -0.3 is 8.85 Å². The van der Waals surface area contributed by atoms with Crippen LogP contribution in [0.15, 0.2) is 24.8 Å². The summed E-state index contributed by atoms with van der Waals surface area (Å²) >= 11 is 0. The van der Waals surface area contributed by atoms with Gasteiger partial charge in [-0.3, -0.25) is 4.79 Å². The first-order chi connectivity index (χ1) is 15.0. The molecule has 3 nitrogen and oxygen atoms in total. The second-order valence-corrected chi connectivity index (χ2v) is 22.6. The number of hydrogen-bond donors (Lipinski definition) is 0. The van der Waals surface area contributed by atoms with E-state index in [1.165, 1.54) is 19.3 Å². The standard InChI is InChI=1S/C28H54O3Si2/c1-13-15-16-18-22(30-32(9,10)27(3,4)5)19-20-24-23(17-14-2)25(29)21-26(24)31-33(11,12)28(6,7)8/h14,19-20,22-24,26H,2,13,15-18,21H2,1,3-12H3/b20-19+/t22-,23+,24-,26-/m0/s1. The molecule has 1 aliphatic rings. The zero-order chi connectivity index (χ0) is 25.7. The SMILES string of the molecule is C=CC[C@H]1C(=O)C[C@H](O[Si](C)(C)C(C)(C)C)[C@H]1/C=C/[C@H](CCCCC)O[Si](C)(C)C(C)(C)C. The number of carbonyl (C=O) groups excluding carboxylic acids is 1. The highest BCUT2D eigenvalue weighted by Crippen LogP contribution is 2.43. The Morgan fingerprint density at radius 3 is 2.09 bits per heavy atom. The summed E-state index contributed by atoms with van der Waals surface area (Å²) < 4.78 is 13.6. The summed E-state index contributed by atoms with van der Waals surface area (Å²) in [6.07, 6.45) is 12.4. The summed E-state index contributed by atoms with van der Waals surface area (Å²) in [5, 5.41) is 0.293. The first-order valence-corrected chi connectivity index (χ1v) is 19.0. The van der Waals surface area contributed by atoms with Crippen LogP contribution in [-0.2, 0) is 13.6 Å². The van der Waals surface area contributed by atoms with Gasteiger partial charge in [-0.05, 0) is 49.1 Å². The molecule has 0 saturated heterocycles. The van der Waals surface area contributed by atoms with Crippen molar-refractivity contribution in [3.63, 3.8) is 0 Å². The van der Waals surface area contributed by atoms with E-state index in [4.69, 9.17) is 8.85 Å². The molecule has 1 saturated carbocycles. The maximum Gasteiger partial charge on any atom is 0.192 e. The molecular formula is C28H54O3Si2. The van der Waals surface area contributed by atoms with E-state index in [-0.39, 0.29) is 34.1 Å². The van der Waals surface area contributed by atoms with Crippen molar-refractivity contribution >= 4 is 22.4 Å². The molecule has 0 N–H and O–H groups in total. The number of hydrogen-bond acceptors (Lipinski definition) is 3. The van der Waals surface area contributed by atoms with Gasteiger partial charge in [-0.25, -0.2) is 0 Å². The van der Waals surface area contributed by atoms with E-state index in [0.717, 1.165) is 12.8 Å². The minimum Gasteiger partial charge on any atom is -0.413 e. The molecule has 192 valence electrons. The van der Waals surface area contributed by atoms with Gasteiger partial charge in [0.25, 0.3) is 0 Å². The fourth-order valence-electron chi connectivity index (χ4n) is 3.96. The van der Waals surface area contributed by atoms with Crippen LogP contribution in [0.1, 0.15) is 87.0 Å². The average Bonchev–Trinajstić information content (AvgIpc) is 2.92. The largest absolute Gasteiger partial charge is 0.413 e. The molecule has 0 radical (unpaired) electrons. The van der Waals surface area contributed by atoms with Gasteiger partial charge in [0.15, 0.2) is 16.6 Å². The van der Waals surface area contributed by atoms with Crippen LogP contribution >= 0.6 is 0 Å². The van der Waals surface area contributed by atoms with Crippen molar-refractivity contribution in [1.82, 2.24) is 0 Å². The molecule has 0 heterocycles. The van der Waals surface area contributed by atoms with Gasteiger partial charge >= 0.3 is 0 Å². The molecule has 1 fully saturated rings. The van der Waals surface area contributed by atoms with Crippen LogP contribution in [-0.4, -0.2) is 34.6 Å². The molecular weight excluding hydrogens is 440 g/mol. The molecule has 0 unspecified atom stereocenters. The van der Waals surface area contributed by atoms with Crippen molar-refractivity contribution in [2.75, 3.05) is 0 Å². The molecule has 33 heavy (non-hydrogen) atoms. The maximum absolute atomic E-state index is 13.0. The average molecular weight is 495 g/mol. The van der Waals surface area contributed by atoms with E-state index >= 15 is 0 Å². The van der Waals surface area contributed by atoms with Gasteiger partial charge in [0.2, 0.25) is 0 Å².